The molecule has 3 heterocycles. The number of nitrogens with zero attached hydrogens (tertiary/aromatic N) is 3. The molecule has 3 aromatic rings. The molecule has 0 bridgehead atoms. The van der Waals surface area contributed by atoms with E-state index in [0.717, 1.165) is 46.2 Å². The predicted molar refractivity (Wildman–Crippen MR) is 119 cm³/mol. The molecule has 4 rings (SSSR count). The summed E-state index contributed by atoms with van der Waals surface area (Å²) in [7, 11) is 4.24. The van der Waals surface area contributed by atoms with Gasteiger partial charge in [0.2, 0.25) is 0 Å². The zero-order valence-electron chi connectivity index (χ0n) is 17.0. The molecule has 0 saturated carbocycles. The molecule has 0 spiro atoms. The molecule has 1 saturated heterocycles. The lowest BCUT2D eigenvalue weighted by atomic mass is 10.1. The van der Waals surface area contributed by atoms with Gasteiger partial charge >= 0.3 is 0 Å². The summed E-state index contributed by atoms with van der Waals surface area (Å²) in [4.78, 5) is 22.1. The van der Waals surface area contributed by atoms with E-state index in [1.54, 1.807) is 23.1 Å². The number of piperazine rings is 1. The van der Waals surface area contributed by atoms with Crippen LogP contribution < -0.4 is 5.32 Å². The molecule has 2 aromatic heterocycles. The average Bonchev–Trinajstić information content (AvgIpc) is 3.30. The molecule has 154 valence electrons. The Morgan fingerprint density at radius 2 is 2.17 bits per heavy atom. The molecular formula is C21H26N4O2S2. The number of carbonyl (C=O) groups is 1. The van der Waals surface area contributed by atoms with E-state index in [-0.39, 0.29) is 5.91 Å². The molecular weight excluding hydrogens is 404 g/mol. The fourth-order valence-corrected chi connectivity index (χ4v) is 5.45. The van der Waals surface area contributed by atoms with Crippen molar-refractivity contribution >= 4 is 40.0 Å². The van der Waals surface area contributed by atoms with Gasteiger partial charge in [-0.15, -0.1) is 11.3 Å². The summed E-state index contributed by atoms with van der Waals surface area (Å²) in [6.45, 7) is 5.61. The molecule has 8 heteroatoms. The maximum absolute atomic E-state index is 13.0. The Bertz CT molecular complexity index is 1000. The summed E-state index contributed by atoms with van der Waals surface area (Å²) >= 11 is 3.28. The van der Waals surface area contributed by atoms with Crippen molar-refractivity contribution in [2.45, 2.75) is 23.1 Å². The van der Waals surface area contributed by atoms with Gasteiger partial charge in [-0.1, -0.05) is 30.0 Å². The lowest BCUT2D eigenvalue weighted by Crippen LogP contribution is -2.54. The number of aryl methyl sites for hydroxylation is 1. The first-order valence-corrected chi connectivity index (χ1v) is 11.6. The Hall–Kier alpha value is -1.87. The number of nitrogens with one attached hydrogen (secondary N) is 1. The number of likely N-dealkylation sites (N-methyl/N-ethyl adjacent to an activating group) is 2. The van der Waals surface area contributed by atoms with Crippen LogP contribution in [-0.4, -0.2) is 67.0 Å². The second kappa shape index (κ2) is 8.87. The van der Waals surface area contributed by atoms with Crippen molar-refractivity contribution in [3.05, 3.63) is 46.7 Å². The largest absolute Gasteiger partial charge is 0.451 e. The third-order valence-corrected chi connectivity index (χ3v) is 7.49. The van der Waals surface area contributed by atoms with Crippen molar-refractivity contribution in [3.63, 3.8) is 0 Å². The van der Waals surface area contributed by atoms with Gasteiger partial charge in [0.05, 0.1) is 0 Å². The topological polar surface area (TPSA) is 61.6 Å². The van der Waals surface area contributed by atoms with Gasteiger partial charge in [-0.3, -0.25) is 9.69 Å². The number of para-hydroxylation sites is 1. The summed E-state index contributed by atoms with van der Waals surface area (Å²) in [6, 6.07) is 8.15. The van der Waals surface area contributed by atoms with Crippen molar-refractivity contribution in [2.24, 2.45) is 0 Å². The minimum absolute atomic E-state index is 0.145. The molecule has 1 amide bonds. The molecule has 1 aliphatic rings. The highest BCUT2D eigenvalue weighted by atomic mass is 32.2. The number of hydrogen-bond donors (Lipinski definition) is 1. The number of carbonyl (C=O) groups excluding carboxylic acids is 1. The van der Waals surface area contributed by atoms with Crippen LogP contribution in [0, 0.1) is 6.92 Å². The molecule has 1 fully saturated rings. The molecule has 0 radical (unpaired) electrons. The fraction of sp³-hybridized carbons (Fsp3) is 0.429. The summed E-state index contributed by atoms with van der Waals surface area (Å²) in [5, 5.41) is 6.14. The highest BCUT2D eigenvalue weighted by molar-refractivity contribution is 8.00. The number of rotatable bonds is 6. The highest BCUT2D eigenvalue weighted by Crippen LogP contribution is 2.33. The van der Waals surface area contributed by atoms with Gasteiger partial charge in [0, 0.05) is 60.0 Å². The molecule has 1 N–H and O–H groups in total. The maximum atomic E-state index is 13.0. The van der Waals surface area contributed by atoms with Gasteiger partial charge in [-0.05, 0) is 27.1 Å². The van der Waals surface area contributed by atoms with Crippen LogP contribution in [-0.2, 0) is 5.75 Å². The SMILES string of the molecule is Cc1csc(SCc2c(C(=O)NCC3CN(C)CCN3C)oc3ccccc23)n1. The van der Waals surface area contributed by atoms with Crippen molar-refractivity contribution in [3.8, 4) is 0 Å². The minimum atomic E-state index is -0.145. The highest BCUT2D eigenvalue weighted by Gasteiger charge is 2.25. The first-order valence-electron chi connectivity index (χ1n) is 9.73. The zero-order chi connectivity index (χ0) is 20.4. The smallest absolute Gasteiger partial charge is 0.287 e. The first-order chi connectivity index (χ1) is 14.0. The summed E-state index contributed by atoms with van der Waals surface area (Å²) in [5.74, 6) is 0.922. The van der Waals surface area contributed by atoms with Gasteiger partial charge < -0.3 is 14.6 Å². The van der Waals surface area contributed by atoms with E-state index in [1.807, 2.05) is 36.6 Å². The standard InChI is InChI=1S/C21H26N4O2S2/c1-14-12-28-21(23-14)29-13-17-16-6-4-5-7-18(16)27-19(17)20(26)22-10-15-11-24(2)8-9-25(15)3/h4-7,12,15H,8-11,13H2,1-3H3,(H,22,26). The van der Waals surface area contributed by atoms with Crippen LogP contribution in [0.2, 0.25) is 0 Å². The van der Waals surface area contributed by atoms with E-state index in [9.17, 15) is 4.79 Å². The molecule has 29 heavy (non-hydrogen) atoms. The number of furan rings is 1. The van der Waals surface area contributed by atoms with Gasteiger partial charge in [0.15, 0.2) is 5.76 Å². The van der Waals surface area contributed by atoms with Crippen molar-refractivity contribution < 1.29 is 9.21 Å². The molecule has 0 aliphatic carbocycles. The van der Waals surface area contributed by atoms with E-state index in [0.29, 0.717) is 24.1 Å². The molecule has 1 atom stereocenters. The van der Waals surface area contributed by atoms with Gasteiger partial charge in [0.1, 0.15) is 9.92 Å². The number of thioether (sulfide) groups is 1. The number of amides is 1. The Morgan fingerprint density at radius 3 is 2.97 bits per heavy atom. The van der Waals surface area contributed by atoms with E-state index >= 15 is 0 Å². The fourth-order valence-electron chi connectivity index (χ4n) is 3.57. The lowest BCUT2D eigenvalue weighted by Gasteiger charge is -2.37. The second-order valence-electron chi connectivity index (χ2n) is 7.56. The number of aromatic nitrogens is 1. The summed E-state index contributed by atoms with van der Waals surface area (Å²) in [5.41, 5.74) is 2.71. The van der Waals surface area contributed by atoms with Gasteiger partial charge in [-0.25, -0.2) is 4.98 Å². The van der Waals surface area contributed by atoms with Crippen LogP contribution in [0.3, 0.4) is 0 Å². The van der Waals surface area contributed by atoms with Crippen LogP contribution in [0.5, 0.6) is 0 Å². The monoisotopic (exact) mass is 430 g/mol. The third kappa shape index (κ3) is 4.66. The minimum Gasteiger partial charge on any atom is -0.451 e. The normalized spacial score (nSPS) is 18.4. The summed E-state index contributed by atoms with van der Waals surface area (Å²) in [6.07, 6.45) is 0. The quantitative estimate of drug-likeness (QED) is 0.605. The van der Waals surface area contributed by atoms with Gasteiger partial charge in [0.25, 0.3) is 5.91 Å². The van der Waals surface area contributed by atoms with Crippen LogP contribution in [0.25, 0.3) is 11.0 Å². The van der Waals surface area contributed by atoms with Crippen LogP contribution >= 0.6 is 23.1 Å². The molecule has 1 aromatic carbocycles. The Balaban J connectivity index is 1.51. The Labute approximate surface area is 179 Å². The van der Waals surface area contributed by atoms with Crippen molar-refractivity contribution in [1.29, 1.82) is 0 Å². The van der Waals surface area contributed by atoms with Crippen LogP contribution in [0.4, 0.5) is 0 Å². The molecule has 6 nitrogen and oxygen atoms in total. The van der Waals surface area contributed by atoms with Crippen LogP contribution in [0.15, 0.2) is 38.4 Å². The third-order valence-electron chi connectivity index (χ3n) is 5.32. The van der Waals surface area contributed by atoms with Crippen molar-refractivity contribution in [1.82, 2.24) is 20.1 Å². The van der Waals surface area contributed by atoms with E-state index in [1.165, 1.54) is 0 Å². The van der Waals surface area contributed by atoms with E-state index in [4.69, 9.17) is 4.42 Å². The zero-order valence-corrected chi connectivity index (χ0v) is 18.6. The summed E-state index contributed by atoms with van der Waals surface area (Å²) < 4.78 is 6.98. The molecule has 1 unspecified atom stereocenters. The lowest BCUT2D eigenvalue weighted by molar-refractivity contribution is 0.0858. The Morgan fingerprint density at radius 1 is 1.34 bits per heavy atom. The van der Waals surface area contributed by atoms with E-state index in [2.05, 4.69) is 34.2 Å². The average molecular weight is 431 g/mol. The predicted octanol–water partition coefficient (Wildman–Crippen LogP) is 3.47. The maximum Gasteiger partial charge on any atom is 0.287 e. The van der Waals surface area contributed by atoms with E-state index < -0.39 is 0 Å². The Kier molecular flexibility index (Phi) is 6.24. The number of thiazole rings is 1. The first kappa shape index (κ1) is 20.4. The number of benzene rings is 1. The molecule has 1 aliphatic heterocycles. The number of hydrogen-bond acceptors (Lipinski definition) is 7. The van der Waals surface area contributed by atoms with Crippen LogP contribution in [0.1, 0.15) is 21.8 Å². The van der Waals surface area contributed by atoms with Crippen molar-refractivity contribution in [2.75, 3.05) is 40.3 Å². The van der Waals surface area contributed by atoms with Gasteiger partial charge in [-0.2, -0.15) is 0 Å². The number of fused-ring (bicyclic) bond motifs is 1. The second-order valence-corrected chi connectivity index (χ2v) is 9.64.